The normalized spacial score (nSPS) is 8.76. The van der Waals surface area contributed by atoms with Crippen LogP contribution in [0.25, 0.3) is 0 Å². The van der Waals surface area contributed by atoms with E-state index in [1.165, 1.54) is 24.3 Å². The minimum Gasteiger partial charge on any atom is -0.478 e. The third kappa shape index (κ3) is 11.0. The summed E-state index contributed by atoms with van der Waals surface area (Å²) in [7, 11) is 4.10. The summed E-state index contributed by atoms with van der Waals surface area (Å²) in [5, 5.41) is 17.1. The Labute approximate surface area is 136 Å². The minimum absolute atomic E-state index is 0. The van der Waals surface area contributed by atoms with Gasteiger partial charge in [-0.05, 0) is 45.7 Å². The van der Waals surface area contributed by atoms with Gasteiger partial charge >= 0.3 is 11.9 Å². The Kier molecular flexibility index (Phi) is 16.0. The van der Waals surface area contributed by atoms with E-state index in [-0.39, 0.29) is 35.9 Å². The molecule has 0 saturated heterocycles. The maximum atomic E-state index is 10.5. The second kappa shape index (κ2) is 13.6. The highest BCUT2D eigenvalue weighted by Gasteiger charge is 2.13. The largest absolute Gasteiger partial charge is 0.478 e. The van der Waals surface area contributed by atoms with Crippen LogP contribution < -0.4 is 5.73 Å². The molecular weight excluding hydrogens is 319 g/mol. The Bertz CT molecular complexity index is 395. The van der Waals surface area contributed by atoms with Crippen LogP contribution in [0.1, 0.15) is 27.1 Å². The Morgan fingerprint density at radius 1 is 1.05 bits per heavy atom. The van der Waals surface area contributed by atoms with Gasteiger partial charge < -0.3 is 20.8 Å². The number of rotatable bonds is 5. The number of aromatic carboxylic acids is 2. The molecule has 0 aliphatic heterocycles. The number of benzene rings is 1. The highest BCUT2D eigenvalue weighted by atomic mass is 35.5. The van der Waals surface area contributed by atoms with Crippen LogP contribution in [-0.4, -0.2) is 54.2 Å². The molecule has 0 aliphatic rings. The number of carboxylic acid groups (broad SMARTS) is 2. The van der Waals surface area contributed by atoms with Crippen molar-refractivity contribution in [2.75, 3.05) is 27.2 Å². The first-order chi connectivity index (χ1) is 8.90. The molecule has 1 aromatic carbocycles. The predicted molar refractivity (Wildman–Crippen MR) is 87.1 cm³/mol. The van der Waals surface area contributed by atoms with Crippen LogP contribution in [0.2, 0.25) is 0 Å². The summed E-state index contributed by atoms with van der Waals surface area (Å²) in [5.74, 6) is -2.46. The quantitative estimate of drug-likeness (QED) is 0.755. The van der Waals surface area contributed by atoms with Crippen LogP contribution in [0.4, 0.5) is 0 Å². The molecule has 8 heteroatoms. The fourth-order valence-electron chi connectivity index (χ4n) is 1.26. The molecule has 0 radical (unpaired) electrons. The van der Waals surface area contributed by atoms with Gasteiger partial charge in [0, 0.05) is 0 Å². The maximum Gasteiger partial charge on any atom is 0.336 e. The van der Waals surface area contributed by atoms with Crippen LogP contribution >= 0.6 is 24.8 Å². The third-order valence-corrected chi connectivity index (χ3v) is 2.20. The van der Waals surface area contributed by atoms with Crippen LogP contribution in [0, 0.1) is 0 Å². The molecule has 0 amide bonds. The topological polar surface area (TPSA) is 104 Å². The van der Waals surface area contributed by atoms with Gasteiger partial charge in [0.15, 0.2) is 0 Å². The van der Waals surface area contributed by atoms with Crippen molar-refractivity contribution in [2.24, 2.45) is 5.73 Å². The van der Waals surface area contributed by atoms with Gasteiger partial charge in [0.05, 0.1) is 11.1 Å². The van der Waals surface area contributed by atoms with Crippen molar-refractivity contribution in [3.8, 4) is 0 Å². The summed E-state index contributed by atoms with van der Waals surface area (Å²) in [4.78, 5) is 23.1. The lowest BCUT2D eigenvalue weighted by Crippen LogP contribution is -2.16. The molecule has 0 atom stereocenters. The molecule has 1 rings (SSSR count). The Hall–Kier alpha value is -1.34. The van der Waals surface area contributed by atoms with Crippen LogP contribution in [-0.2, 0) is 0 Å². The summed E-state index contributed by atoms with van der Waals surface area (Å²) >= 11 is 0. The Morgan fingerprint density at radius 2 is 1.43 bits per heavy atom. The number of hydrogen-bond donors (Lipinski definition) is 3. The Balaban J connectivity index is -0.000000317. The van der Waals surface area contributed by atoms with Crippen molar-refractivity contribution in [1.29, 1.82) is 0 Å². The van der Waals surface area contributed by atoms with Gasteiger partial charge in [-0.25, -0.2) is 9.59 Å². The van der Waals surface area contributed by atoms with Crippen molar-refractivity contribution < 1.29 is 19.8 Å². The molecular formula is C13H22Cl2N2O4. The molecule has 0 unspecified atom stereocenters. The number of hydrogen-bond acceptors (Lipinski definition) is 4. The van der Waals surface area contributed by atoms with E-state index in [1.807, 2.05) is 0 Å². The van der Waals surface area contributed by atoms with Crippen LogP contribution in [0.3, 0.4) is 0 Å². The van der Waals surface area contributed by atoms with Gasteiger partial charge in [-0.1, -0.05) is 12.1 Å². The van der Waals surface area contributed by atoms with Crippen molar-refractivity contribution in [3.05, 3.63) is 35.4 Å². The zero-order chi connectivity index (χ0) is 14.8. The van der Waals surface area contributed by atoms with Gasteiger partial charge in [0.2, 0.25) is 0 Å². The molecule has 0 bridgehead atoms. The molecule has 0 aliphatic carbocycles. The van der Waals surface area contributed by atoms with Gasteiger partial charge in [0.1, 0.15) is 0 Å². The highest BCUT2D eigenvalue weighted by molar-refractivity contribution is 6.01. The van der Waals surface area contributed by atoms with E-state index in [9.17, 15) is 9.59 Å². The van der Waals surface area contributed by atoms with Crippen LogP contribution in [0.15, 0.2) is 24.3 Å². The van der Waals surface area contributed by atoms with E-state index in [0.29, 0.717) is 0 Å². The summed E-state index contributed by atoms with van der Waals surface area (Å²) < 4.78 is 0. The van der Waals surface area contributed by atoms with E-state index < -0.39 is 11.9 Å². The van der Waals surface area contributed by atoms with Gasteiger partial charge in [-0.2, -0.15) is 0 Å². The van der Waals surface area contributed by atoms with E-state index in [4.69, 9.17) is 15.9 Å². The second-order valence-electron chi connectivity index (χ2n) is 4.10. The first-order valence-electron chi connectivity index (χ1n) is 5.80. The molecule has 6 nitrogen and oxygen atoms in total. The third-order valence-electron chi connectivity index (χ3n) is 2.20. The summed E-state index contributed by atoms with van der Waals surface area (Å²) in [6, 6.07) is 5.48. The molecule has 0 spiro atoms. The molecule has 0 saturated carbocycles. The SMILES string of the molecule is CN(C)CCCN.Cl.Cl.O=C(O)c1ccccc1C(=O)O. The van der Waals surface area contributed by atoms with E-state index in [0.717, 1.165) is 19.5 Å². The predicted octanol–water partition coefficient (Wildman–Crippen LogP) is 1.82. The second-order valence-corrected chi connectivity index (χ2v) is 4.10. The molecule has 21 heavy (non-hydrogen) atoms. The highest BCUT2D eigenvalue weighted by Crippen LogP contribution is 2.07. The van der Waals surface area contributed by atoms with Crippen molar-refractivity contribution in [1.82, 2.24) is 4.90 Å². The maximum absolute atomic E-state index is 10.5. The fraction of sp³-hybridized carbons (Fsp3) is 0.385. The Morgan fingerprint density at radius 3 is 1.62 bits per heavy atom. The van der Waals surface area contributed by atoms with Crippen molar-refractivity contribution >= 4 is 36.8 Å². The lowest BCUT2D eigenvalue weighted by atomic mass is 10.1. The number of carboxylic acids is 2. The number of carbonyl (C=O) groups is 2. The fourth-order valence-corrected chi connectivity index (χ4v) is 1.26. The lowest BCUT2D eigenvalue weighted by molar-refractivity contribution is 0.0651. The van der Waals surface area contributed by atoms with Gasteiger partial charge in [0.25, 0.3) is 0 Å². The molecule has 1 aromatic rings. The zero-order valence-corrected chi connectivity index (χ0v) is 13.6. The first-order valence-corrected chi connectivity index (χ1v) is 5.80. The number of halogens is 2. The molecule has 0 fully saturated rings. The van der Waals surface area contributed by atoms with Crippen molar-refractivity contribution in [2.45, 2.75) is 6.42 Å². The smallest absolute Gasteiger partial charge is 0.336 e. The van der Waals surface area contributed by atoms with Crippen LogP contribution in [0.5, 0.6) is 0 Å². The summed E-state index contributed by atoms with van der Waals surface area (Å²) in [6.07, 6.45) is 1.10. The number of nitrogens with two attached hydrogens (primary N) is 1. The lowest BCUT2D eigenvalue weighted by Gasteiger charge is -2.05. The first kappa shape index (κ1) is 24.7. The van der Waals surface area contributed by atoms with Gasteiger partial charge in [-0.3, -0.25) is 0 Å². The molecule has 0 heterocycles. The zero-order valence-electron chi connectivity index (χ0n) is 12.0. The summed E-state index contributed by atoms with van der Waals surface area (Å²) in [6.45, 7) is 1.91. The number of nitrogens with zero attached hydrogens (tertiary/aromatic N) is 1. The van der Waals surface area contributed by atoms with Crippen molar-refractivity contribution in [3.63, 3.8) is 0 Å². The standard InChI is InChI=1S/C8H6O4.C5H14N2.2ClH/c9-7(10)5-3-1-2-4-6(5)8(11)12;1-7(2)5-3-4-6;;/h1-4H,(H,9,10)(H,11,12);3-6H2,1-2H3;2*1H. The molecule has 0 aromatic heterocycles. The van der Waals surface area contributed by atoms with Gasteiger partial charge in [-0.15, -0.1) is 24.8 Å². The summed E-state index contributed by atoms with van der Waals surface area (Å²) in [5.41, 5.74) is 4.87. The average molecular weight is 341 g/mol. The monoisotopic (exact) mass is 340 g/mol. The minimum atomic E-state index is -1.23. The van der Waals surface area contributed by atoms with E-state index in [1.54, 1.807) is 0 Å². The average Bonchev–Trinajstić information content (AvgIpc) is 2.36. The van der Waals surface area contributed by atoms with E-state index in [2.05, 4.69) is 19.0 Å². The molecule has 122 valence electrons. The van der Waals surface area contributed by atoms with E-state index >= 15 is 0 Å². The molecule has 4 N–H and O–H groups in total.